The summed E-state index contributed by atoms with van der Waals surface area (Å²) in [5.41, 5.74) is 1.01. The van der Waals surface area contributed by atoms with Crippen LogP contribution in [0.2, 0.25) is 0 Å². The molecule has 6 heteroatoms. The molecule has 1 fully saturated rings. The molecule has 1 aliphatic rings. The maximum absolute atomic E-state index is 12.8. The topological polar surface area (TPSA) is 58.1 Å². The third-order valence-corrected chi connectivity index (χ3v) is 6.11. The Balaban J connectivity index is 1.93. The van der Waals surface area contributed by atoms with Crippen LogP contribution in [0.15, 0.2) is 6.33 Å². The van der Waals surface area contributed by atoms with Crippen molar-refractivity contribution in [3.05, 3.63) is 16.8 Å². The van der Waals surface area contributed by atoms with Gasteiger partial charge in [-0.05, 0) is 39.2 Å². The van der Waals surface area contributed by atoms with Gasteiger partial charge in [-0.15, -0.1) is 11.3 Å². The summed E-state index contributed by atoms with van der Waals surface area (Å²) in [5, 5.41) is 4.25. The fourth-order valence-electron chi connectivity index (χ4n) is 3.53. The number of thiophene rings is 1. The number of nitrogens with one attached hydrogen (secondary N) is 1. The van der Waals surface area contributed by atoms with Crippen molar-refractivity contribution >= 4 is 33.3 Å². The summed E-state index contributed by atoms with van der Waals surface area (Å²) in [5.74, 6) is 0.989. The van der Waals surface area contributed by atoms with Crippen LogP contribution in [0.5, 0.6) is 0 Å². The molecule has 0 bridgehead atoms. The van der Waals surface area contributed by atoms with Crippen molar-refractivity contribution in [2.24, 2.45) is 0 Å². The first-order valence-electron chi connectivity index (χ1n) is 8.95. The van der Waals surface area contributed by atoms with Gasteiger partial charge < -0.3 is 10.2 Å². The van der Waals surface area contributed by atoms with Gasteiger partial charge in [0.15, 0.2) is 0 Å². The molecule has 2 aromatic rings. The van der Waals surface area contributed by atoms with E-state index in [0.29, 0.717) is 6.04 Å². The minimum Gasteiger partial charge on any atom is -0.357 e. The molecule has 3 rings (SSSR count). The van der Waals surface area contributed by atoms with Crippen molar-refractivity contribution in [2.75, 3.05) is 18.0 Å². The summed E-state index contributed by atoms with van der Waals surface area (Å²) in [6.45, 7) is 8.04. The Morgan fingerprint density at radius 1 is 1.25 bits per heavy atom. The minimum atomic E-state index is 0.0490. The van der Waals surface area contributed by atoms with Crippen molar-refractivity contribution in [3.63, 3.8) is 0 Å². The second-order valence-electron chi connectivity index (χ2n) is 6.41. The number of carbonyl (C=O) groups is 1. The molecule has 0 spiro atoms. The summed E-state index contributed by atoms with van der Waals surface area (Å²) >= 11 is 1.48. The number of aromatic nitrogens is 2. The summed E-state index contributed by atoms with van der Waals surface area (Å²) in [6, 6.07) is 0.323. The van der Waals surface area contributed by atoms with E-state index in [0.717, 1.165) is 52.4 Å². The second kappa shape index (κ2) is 7.47. The lowest BCUT2D eigenvalue weighted by atomic mass is 9.95. The van der Waals surface area contributed by atoms with Gasteiger partial charge in [-0.1, -0.05) is 19.3 Å². The first-order valence-corrected chi connectivity index (χ1v) is 9.77. The predicted octanol–water partition coefficient (Wildman–Crippen LogP) is 3.91. The number of aryl methyl sites for hydroxylation is 1. The monoisotopic (exact) mass is 346 g/mol. The van der Waals surface area contributed by atoms with Crippen LogP contribution in [0.4, 0.5) is 5.82 Å². The molecule has 1 N–H and O–H groups in total. The molecular formula is C18H26N4OS. The molecule has 1 amide bonds. The van der Waals surface area contributed by atoms with E-state index in [4.69, 9.17) is 0 Å². The SMILES string of the molecule is CCN(CC)c1ncnc2sc(C(=O)NC3CCCCC3)c(C)c12. The van der Waals surface area contributed by atoms with Crippen LogP contribution in [0.25, 0.3) is 10.2 Å². The molecule has 0 saturated heterocycles. The van der Waals surface area contributed by atoms with Crippen molar-refractivity contribution in [2.45, 2.75) is 58.9 Å². The lowest BCUT2D eigenvalue weighted by molar-refractivity contribution is 0.0931. The zero-order chi connectivity index (χ0) is 17.1. The largest absolute Gasteiger partial charge is 0.357 e. The Kier molecular flexibility index (Phi) is 5.33. The van der Waals surface area contributed by atoms with E-state index < -0.39 is 0 Å². The second-order valence-corrected chi connectivity index (χ2v) is 7.41. The number of fused-ring (bicyclic) bond motifs is 1. The van der Waals surface area contributed by atoms with Gasteiger partial charge in [-0.25, -0.2) is 9.97 Å². The van der Waals surface area contributed by atoms with E-state index in [1.54, 1.807) is 6.33 Å². The molecular weight excluding hydrogens is 320 g/mol. The maximum atomic E-state index is 12.8. The van der Waals surface area contributed by atoms with Crippen LogP contribution >= 0.6 is 11.3 Å². The van der Waals surface area contributed by atoms with Gasteiger partial charge in [0, 0.05) is 19.1 Å². The zero-order valence-electron chi connectivity index (χ0n) is 14.8. The Morgan fingerprint density at radius 2 is 1.96 bits per heavy atom. The molecule has 0 atom stereocenters. The molecule has 2 heterocycles. The highest BCUT2D eigenvalue weighted by Gasteiger charge is 2.23. The van der Waals surface area contributed by atoms with Gasteiger partial charge in [0.1, 0.15) is 17.0 Å². The summed E-state index contributed by atoms with van der Waals surface area (Å²) in [4.78, 5) is 25.6. The Labute approximate surface area is 147 Å². The Morgan fingerprint density at radius 3 is 2.62 bits per heavy atom. The number of rotatable bonds is 5. The molecule has 0 radical (unpaired) electrons. The molecule has 5 nitrogen and oxygen atoms in total. The zero-order valence-corrected chi connectivity index (χ0v) is 15.6. The van der Waals surface area contributed by atoms with Gasteiger partial charge in [0.2, 0.25) is 0 Å². The molecule has 130 valence electrons. The molecule has 24 heavy (non-hydrogen) atoms. The smallest absolute Gasteiger partial charge is 0.261 e. The third-order valence-electron chi connectivity index (χ3n) is 4.92. The van der Waals surface area contributed by atoms with Crippen LogP contribution in [0.1, 0.15) is 61.2 Å². The lowest BCUT2D eigenvalue weighted by Gasteiger charge is -2.22. The van der Waals surface area contributed by atoms with Gasteiger partial charge >= 0.3 is 0 Å². The van der Waals surface area contributed by atoms with Gasteiger partial charge in [-0.3, -0.25) is 4.79 Å². The first kappa shape index (κ1) is 17.1. The number of nitrogens with zero attached hydrogens (tertiary/aromatic N) is 3. The van der Waals surface area contributed by atoms with E-state index in [-0.39, 0.29) is 5.91 Å². The molecule has 1 aliphatic carbocycles. The van der Waals surface area contributed by atoms with Crippen molar-refractivity contribution in [1.82, 2.24) is 15.3 Å². The van der Waals surface area contributed by atoms with E-state index in [1.807, 2.05) is 6.92 Å². The average molecular weight is 347 g/mol. The highest BCUT2D eigenvalue weighted by Crippen LogP contribution is 2.35. The minimum absolute atomic E-state index is 0.0490. The standard InChI is InChI=1S/C18H26N4OS/c1-4-22(5-2)16-14-12(3)15(24-18(14)20-11-19-16)17(23)21-13-9-7-6-8-10-13/h11,13H,4-10H2,1-3H3,(H,21,23). The summed E-state index contributed by atoms with van der Waals surface area (Å²) in [6.07, 6.45) is 7.52. The predicted molar refractivity (Wildman–Crippen MR) is 100 cm³/mol. The molecule has 0 unspecified atom stereocenters. The highest BCUT2D eigenvalue weighted by molar-refractivity contribution is 7.20. The Bertz CT molecular complexity index is 717. The first-order chi connectivity index (χ1) is 11.7. The number of anilines is 1. The highest BCUT2D eigenvalue weighted by atomic mass is 32.1. The Hall–Kier alpha value is -1.69. The number of hydrogen-bond acceptors (Lipinski definition) is 5. The average Bonchev–Trinajstić information content (AvgIpc) is 2.95. The summed E-state index contributed by atoms with van der Waals surface area (Å²) < 4.78 is 0. The third kappa shape index (κ3) is 3.24. The number of amides is 1. The number of carbonyl (C=O) groups excluding carboxylic acids is 1. The van der Waals surface area contributed by atoms with Crippen molar-refractivity contribution < 1.29 is 4.79 Å². The van der Waals surface area contributed by atoms with Crippen molar-refractivity contribution in [1.29, 1.82) is 0 Å². The number of hydrogen-bond donors (Lipinski definition) is 1. The van der Waals surface area contributed by atoms with Crippen LogP contribution in [-0.4, -0.2) is 35.0 Å². The van der Waals surface area contributed by atoms with Crippen LogP contribution in [-0.2, 0) is 0 Å². The van der Waals surface area contributed by atoms with Crippen LogP contribution < -0.4 is 10.2 Å². The molecule has 0 aliphatic heterocycles. The molecule has 0 aromatic carbocycles. The van der Waals surface area contributed by atoms with E-state index in [1.165, 1.54) is 30.6 Å². The van der Waals surface area contributed by atoms with Crippen LogP contribution in [0, 0.1) is 6.92 Å². The van der Waals surface area contributed by atoms with Gasteiger partial charge in [0.25, 0.3) is 5.91 Å². The van der Waals surface area contributed by atoms with E-state index in [9.17, 15) is 4.79 Å². The fourth-order valence-corrected chi connectivity index (χ4v) is 4.58. The fraction of sp³-hybridized carbons (Fsp3) is 0.611. The van der Waals surface area contributed by atoms with E-state index in [2.05, 4.69) is 34.0 Å². The van der Waals surface area contributed by atoms with Crippen molar-refractivity contribution in [3.8, 4) is 0 Å². The lowest BCUT2D eigenvalue weighted by Crippen LogP contribution is -2.36. The quantitative estimate of drug-likeness (QED) is 0.892. The van der Waals surface area contributed by atoms with Gasteiger partial charge in [-0.2, -0.15) is 0 Å². The summed E-state index contributed by atoms with van der Waals surface area (Å²) in [7, 11) is 0. The maximum Gasteiger partial charge on any atom is 0.261 e. The van der Waals surface area contributed by atoms with Crippen LogP contribution in [0.3, 0.4) is 0 Å². The van der Waals surface area contributed by atoms with Gasteiger partial charge in [0.05, 0.1) is 10.3 Å². The normalized spacial score (nSPS) is 15.6. The molecule has 1 saturated carbocycles. The molecule has 2 aromatic heterocycles. The van der Waals surface area contributed by atoms with E-state index >= 15 is 0 Å².